The van der Waals surface area contributed by atoms with Crippen LogP contribution in [0, 0.1) is 6.92 Å². The molecular formula is C17H23N5O3. The minimum atomic E-state index is -0.629. The van der Waals surface area contributed by atoms with E-state index in [9.17, 15) is 14.4 Å². The SMILES string of the molecule is Cc1cccnc1CN1CCN(C(=O)[C@H]2CCC(=O)NC(=O)N2)CC1. The highest BCUT2D eigenvalue weighted by Crippen LogP contribution is 2.12. The van der Waals surface area contributed by atoms with Crippen molar-refractivity contribution in [3.63, 3.8) is 0 Å². The number of imide groups is 1. The predicted molar refractivity (Wildman–Crippen MR) is 90.5 cm³/mol. The number of carbonyl (C=O) groups excluding carboxylic acids is 3. The van der Waals surface area contributed by atoms with Crippen molar-refractivity contribution in [1.82, 2.24) is 25.4 Å². The Bertz CT molecular complexity index is 670. The van der Waals surface area contributed by atoms with Gasteiger partial charge in [-0.1, -0.05) is 6.07 Å². The van der Waals surface area contributed by atoms with E-state index in [-0.39, 0.29) is 18.2 Å². The quantitative estimate of drug-likeness (QED) is 0.806. The third kappa shape index (κ3) is 4.33. The number of hydrogen-bond donors (Lipinski definition) is 2. The van der Waals surface area contributed by atoms with E-state index in [1.54, 1.807) is 11.1 Å². The average molecular weight is 345 g/mol. The van der Waals surface area contributed by atoms with Crippen LogP contribution in [0.15, 0.2) is 18.3 Å². The first kappa shape index (κ1) is 17.3. The number of aryl methyl sites for hydroxylation is 1. The normalized spacial score (nSPS) is 22.1. The zero-order valence-corrected chi connectivity index (χ0v) is 14.3. The summed E-state index contributed by atoms with van der Waals surface area (Å²) in [6, 6.07) is 2.75. The van der Waals surface area contributed by atoms with Crippen LogP contribution >= 0.6 is 0 Å². The fourth-order valence-electron chi connectivity index (χ4n) is 3.16. The van der Waals surface area contributed by atoms with Crippen molar-refractivity contribution in [3.8, 4) is 0 Å². The molecule has 0 spiro atoms. The van der Waals surface area contributed by atoms with Crippen molar-refractivity contribution < 1.29 is 14.4 Å². The fraction of sp³-hybridized carbons (Fsp3) is 0.529. The van der Waals surface area contributed by atoms with Crippen molar-refractivity contribution in [2.24, 2.45) is 0 Å². The average Bonchev–Trinajstić information content (AvgIpc) is 2.77. The lowest BCUT2D eigenvalue weighted by atomic mass is 10.1. The third-order valence-corrected chi connectivity index (χ3v) is 4.69. The van der Waals surface area contributed by atoms with Crippen LogP contribution in [0.2, 0.25) is 0 Å². The summed E-state index contributed by atoms with van der Waals surface area (Å²) in [4.78, 5) is 44.0. The smallest absolute Gasteiger partial charge is 0.322 e. The van der Waals surface area contributed by atoms with Gasteiger partial charge >= 0.3 is 6.03 Å². The summed E-state index contributed by atoms with van der Waals surface area (Å²) < 4.78 is 0. The van der Waals surface area contributed by atoms with Gasteiger partial charge in [-0.05, 0) is 25.0 Å². The van der Waals surface area contributed by atoms with Gasteiger partial charge in [-0.25, -0.2) is 4.79 Å². The topological polar surface area (TPSA) is 94.6 Å². The summed E-state index contributed by atoms with van der Waals surface area (Å²) in [5.74, 6) is -0.457. The van der Waals surface area contributed by atoms with E-state index in [1.165, 1.54) is 5.56 Å². The summed E-state index contributed by atoms with van der Waals surface area (Å²) in [6.45, 7) is 5.57. The van der Waals surface area contributed by atoms with Gasteiger partial charge in [-0.2, -0.15) is 0 Å². The molecule has 3 heterocycles. The monoisotopic (exact) mass is 345 g/mol. The van der Waals surface area contributed by atoms with Crippen LogP contribution in [0.4, 0.5) is 4.79 Å². The molecule has 8 nitrogen and oxygen atoms in total. The Hall–Kier alpha value is -2.48. The Morgan fingerprint density at radius 2 is 2.04 bits per heavy atom. The lowest BCUT2D eigenvalue weighted by molar-refractivity contribution is -0.135. The Kier molecular flexibility index (Phi) is 5.28. The summed E-state index contributed by atoms with van der Waals surface area (Å²) in [5.41, 5.74) is 2.22. The number of nitrogens with zero attached hydrogens (tertiary/aromatic N) is 3. The number of carbonyl (C=O) groups is 3. The number of pyridine rings is 1. The van der Waals surface area contributed by atoms with Gasteiger partial charge in [0, 0.05) is 45.3 Å². The number of aromatic nitrogens is 1. The molecule has 0 aliphatic carbocycles. The summed E-state index contributed by atoms with van der Waals surface area (Å²) in [6.07, 6.45) is 2.31. The number of amides is 4. The molecule has 3 rings (SSSR count). The van der Waals surface area contributed by atoms with Gasteiger partial charge in [0.2, 0.25) is 11.8 Å². The van der Waals surface area contributed by atoms with Crippen LogP contribution in [0.3, 0.4) is 0 Å². The van der Waals surface area contributed by atoms with Gasteiger partial charge in [0.25, 0.3) is 0 Å². The van der Waals surface area contributed by atoms with Crippen LogP contribution in [0.25, 0.3) is 0 Å². The molecule has 4 amide bonds. The molecular weight excluding hydrogens is 322 g/mol. The molecule has 1 aromatic heterocycles. The van der Waals surface area contributed by atoms with Gasteiger partial charge in [-0.15, -0.1) is 0 Å². The Morgan fingerprint density at radius 1 is 1.28 bits per heavy atom. The van der Waals surface area contributed by atoms with E-state index in [2.05, 4.69) is 20.5 Å². The van der Waals surface area contributed by atoms with Crippen molar-refractivity contribution in [2.45, 2.75) is 32.4 Å². The molecule has 2 N–H and O–H groups in total. The number of hydrogen-bond acceptors (Lipinski definition) is 5. The van der Waals surface area contributed by atoms with Crippen LogP contribution in [-0.2, 0) is 16.1 Å². The molecule has 0 radical (unpaired) electrons. The van der Waals surface area contributed by atoms with E-state index in [1.807, 2.05) is 19.1 Å². The molecule has 2 fully saturated rings. The first-order chi connectivity index (χ1) is 12.0. The maximum absolute atomic E-state index is 12.6. The standard InChI is InChI=1S/C17H23N5O3/c1-12-3-2-6-18-14(12)11-21-7-9-22(10-8-21)16(24)13-4-5-15(23)20-17(25)19-13/h2-3,6,13H,4-5,7-11H2,1H3,(H2,19,20,23,25)/t13-/m1/s1. The highest BCUT2D eigenvalue weighted by Gasteiger charge is 2.31. The fourth-order valence-corrected chi connectivity index (χ4v) is 3.16. The maximum atomic E-state index is 12.6. The molecule has 0 aromatic carbocycles. The Labute approximate surface area is 146 Å². The van der Waals surface area contributed by atoms with Gasteiger partial charge in [0.05, 0.1) is 5.69 Å². The van der Waals surface area contributed by atoms with Crippen LogP contribution < -0.4 is 10.6 Å². The molecule has 2 aliphatic heterocycles. The highest BCUT2D eigenvalue weighted by atomic mass is 16.2. The number of rotatable bonds is 3. The lowest BCUT2D eigenvalue weighted by Gasteiger charge is -2.36. The van der Waals surface area contributed by atoms with Crippen LogP contribution in [-0.4, -0.2) is 64.9 Å². The van der Waals surface area contributed by atoms with Crippen molar-refractivity contribution in [3.05, 3.63) is 29.6 Å². The lowest BCUT2D eigenvalue weighted by Crippen LogP contribution is -2.55. The molecule has 0 saturated carbocycles. The van der Waals surface area contributed by atoms with E-state index >= 15 is 0 Å². The molecule has 1 aromatic rings. The second-order valence-corrected chi connectivity index (χ2v) is 6.48. The molecule has 2 saturated heterocycles. The molecule has 25 heavy (non-hydrogen) atoms. The summed E-state index contributed by atoms with van der Waals surface area (Å²) in [5, 5.41) is 4.77. The van der Waals surface area contributed by atoms with E-state index in [0.717, 1.165) is 25.3 Å². The largest absolute Gasteiger partial charge is 0.338 e. The first-order valence-corrected chi connectivity index (χ1v) is 8.55. The zero-order valence-electron chi connectivity index (χ0n) is 14.3. The Morgan fingerprint density at radius 3 is 2.76 bits per heavy atom. The molecule has 1 atom stereocenters. The number of nitrogens with one attached hydrogen (secondary N) is 2. The molecule has 134 valence electrons. The minimum absolute atomic E-state index is 0.112. The van der Waals surface area contributed by atoms with Gasteiger partial charge < -0.3 is 10.2 Å². The summed E-state index contributed by atoms with van der Waals surface area (Å²) >= 11 is 0. The van der Waals surface area contributed by atoms with E-state index < -0.39 is 12.1 Å². The zero-order chi connectivity index (χ0) is 17.8. The van der Waals surface area contributed by atoms with E-state index in [0.29, 0.717) is 19.5 Å². The minimum Gasteiger partial charge on any atom is -0.338 e. The van der Waals surface area contributed by atoms with Crippen molar-refractivity contribution in [1.29, 1.82) is 0 Å². The molecule has 0 bridgehead atoms. The predicted octanol–water partition coefficient (Wildman–Crippen LogP) is 0.0224. The van der Waals surface area contributed by atoms with Gasteiger partial charge in [0.1, 0.15) is 6.04 Å². The van der Waals surface area contributed by atoms with Crippen LogP contribution in [0.5, 0.6) is 0 Å². The molecule has 8 heteroatoms. The highest BCUT2D eigenvalue weighted by molar-refractivity contribution is 5.98. The summed E-state index contributed by atoms with van der Waals surface area (Å²) in [7, 11) is 0. The van der Waals surface area contributed by atoms with Crippen molar-refractivity contribution in [2.75, 3.05) is 26.2 Å². The van der Waals surface area contributed by atoms with Gasteiger partial charge in [0.15, 0.2) is 0 Å². The van der Waals surface area contributed by atoms with Crippen molar-refractivity contribution >= 4 is 17.8 Å². The maximum Gasteiger partial charge on any atom is 0.322 e. The van der Waals surface area contributed by atoms with Crippen LogP contribution in [0.1, 0.15) is 24.1 Å². The third-order valence-electron chi connectivity index (χ3n) is 4.69. The first-order valence-electron chi connectivity index (χ1n) is 8.55. The molecule has 0 unspecified atom stereocenters. The number of urea groups is 1. The van der Waals surface area contributed by atoms with Gasteiger partial charge in [-0.3, -0.25) is 24.8 Å². The second kappa shape index (κ2) is 7.60. The Balaban J connectivity index is 1.53. The molecule has 2 aliphatic rings. The second-order valence-electron chi connectivity index (χ2n) is 6.48. The van der Waals surface area contributed by atoms with E-state index in [4.69, 9.17) is 0 Å². The number of piperazine rings is 1.